The van der Waals surface area contributed by atoms with E-state index >= 15 is 0 Å². The molecular formula is C18H22BF3N2O2. The van der Waals surface area contributed by atoms with E-state index in [0.29, 0.717) is 18.5 Å². The number of aryl methyl sites for hydroxylation is 2. The summed E-state index contributed by atoms with van der Waals surface area (Å²) in [5.74, 6) is 0. The maximum absolute atomic E-state index is 12.8. The first kappa shape index (κ1) is 19.0. The molecule has 0 unspecified atom stereocenters. The molecule has 0 spiro atoms. The molecule has 0 bridgehead atoms. The van der Waals surface area contributed by atoms with Gasteiger partial charge in [0, 0.05) is 24.4 Å². The third-order valence-corrected chi connectivity index (χ3v) is 5.06. The maximum Gasteiger partial charge on any atom is 0.498 e. The number of hydrogen-bond acceptors (Lipinski definition) is 3. The van der Waals surface area contributed by atoms with Gasteiger partial charge >= 0.3 is 13.3 Å². The Kier molecular flexibility index (Phi) is 4.69. The fourth-order valence-corrected chi connectivity index (χ4v) is 2.75. The smallest absolute Gasteiger partial charge is 0.399 e. The largest absolute Gasteiger partial charge is 0.498 e. The van der Waals surface area contributed by atoms with Crippen LogP contribution in [0.25, 0.3) is 0 Å². The summed E-state index contributed by atoms with van der Waals surface area (Å²) in [6, 6.07) is 5.37. The Hall–Kier alpha value is -1.80. The summed E-state index contributed by atoms with van der Waals surface area (Å²) in [4.78, 5) is 0. The van der Waals surface area contributed by atoms with E-state index in [9.17, 15) is 13.2 Å². The quantitative estimate of drug-likeness (QED) is 0.778. The van der Waals surface area contributed by atoms with Crippen LogP contribution in [0.2, 0.25) is 0 Å². The van der Waals surface area contributed by atoms with Gasteiger partial charge in [0.2, 0.25) is 0 Å². The van der Waals surface area contributed by atoms with Gasteiger partial charge < -0.3 is 9.31 Å². The van der Waals surface area contributed by atoms with Crippen LogP contribution in [-0.2, 0) is 28.5 Å². The van der Waals surface area contributed by atoms with E-state index in [-0.39, 0.29) is 0 Å². The zero-order chi connectivity index (χ0) is 19.2. The fraction of sp³-hybridized carbons (Fsp3) is 0.500. The van der Waals surface area contributed by atoms with Gasteiger partial charge in [-0.2, -0.15) is 18.3 Å². The van der Waals surface area contributed by atoms with Gasteiger partial charge in [0.15, 0.2) is 0 Å². The first-order chi connectivity index (χ1) is 12.0. The van der Waals surface area contributed by atoms with Crippen molar-refractivity contribution in [1.82, 2.24) is 9.78 Å². The topological polar surface area (TPSA) is 36.3 Å². The molecule has 2 aromatic rings. The van der Waals surface area contributed by atoms with E-state index in [0.717, 1.165) is 11.5 Å². The molecule has 26 heavy (non-hydrogen) atoms. The Bertz CT molecular complexity index is 771. The van der Waals surface area contributed by atoms with Crippen molar-refractivity contribution in [3.63, 3.8) is 0 Å². The van der Waals surface area contributed by atoms with Crippen molar-refractivity contribution in [2.24, 2.45) is 0 Å². The standard InChI is InChI=1S/C18H22BF3N2O2/c1-16(2)17(3,4)26-19(25-16)15-11-23-24(12-15)9-8-13-6-5-7-14(10-13)18(20,21)22/h5-7,10-12H,8-9H2,1-4H3. The summed E-state index contributed by atoms with van der Waals surface area (Å²) in [6.45, 7) is 8.38. The van der Waals surface area contributed by atoms with Crippen molar-refractivity contribution >= 4 is 12.6 Å². The van der Waals surface area contributed by atoms with Gasteiger partial charge in [-0.15, -0.1) is 0 Å². The average molecular weight is 366 g/mol. The number of aromatic nitrogens is 2. The first-order valence-electron chi connectivity index (χ1n) is 8.52. The zero-order valence-corrected chi connectivity index (χ0v) is 15.3. The third kappa shape index (κ3) is 3.81. The lowest BCUT2D eigenvalue weighted by molar-refractivity contribution is -0.137. The molecule has 0 amide bonds. The van der Waals surface area contributed by atoms with Gasteiger partial charge in [0.1, 0.15) is 0 Å². The predicted molar refractivity (Wildman–Crippen MR) is 93.1 cm³/mol. The van der Waals surface area contributed by atoms with Crippen molar-refractivity contribution in [3.8, 4) is 0 Å². The number of benzene rings is 1. The Morgan fingerprint density at radius 3 is 2.38 bits per heavy atom. The monoisotopic (exact) mass is 366 g/mol. The normalized spacial score (nSPS) is 19.1. The van der Waals surface area contributed by atoms with Crippen molar-refractivity contribution in [2.75, 3.05) is 0 Å². The predicted octanol–water partition coefficient (Wildman–Crippen LogP) is 3.44. The van der Waals surface area contributed by atoms with Gasteiger partial charge in [-0.05, 0) is 45.7 Å². The molecule has 0 aliphatic carbocycles. The minimum Gasteiger partial charge on any atom is -0.399 e. The molecule has 0 atom stereocenters. The Morgan fingerprint density at radius 1 is 1.12 bits per heavy atom. The molecule has 0 radical (unpaired) electrons. The second-order valence-electron chi connectivity index (χ2n) is 7.57. The second kappa shape index (κ2) is 6.42. The summed E-state index contributed by atoms with van der Waals surface area (Å²) >= 11 is 0. The molecule has 2 heterocycles. The lowest BCUT2D eigenvalue weighted by Crippen LogP contribution is -2.41. The minimum atomic E-state index is -4.33. The van der Waals surface area contributed by atoms with Crippen molar-refractivity contribution in [2.45, 2.75) is 58.0 Å². The SMILES string of the molecule is CC1(C)OB(c2cnn(CCc3cccc(C(F)(F)F)c3)c2)OC1(C)C. The van der Waals surface area contributed by atoms with E-state index in [1.54, 1.807) is 16.9 Å². The molecule has 3 rings (SSSR count). The summed E-state index contributed by atoms with van der Waals surface area (Å²) in [5, 5.41) is 4.28. The van der Waals surface area contributed by atoms with Gasteiger partial charge in [-0.3, -0.25) is 4.68 Å². The molecule has 1 saturated heterocycles. The summed E-state index contributed by atoms with van der Waals surface area (Å²) in [6.07, 6.45) is -0.385. The Balaban J connectivity index is 1.65. The van der Waals surface area contributed by atoms with Crippen LogP contribution in [0.5, 0.6) is 0 Å². The Morgan fingerprint density at radius 2 is 1.77 bits per heavy atom. The van der Waals surface area contributed by atoms with Crippen LogP contribution in [0.3, 0.4) is 0 Å². The van der Waals surface area contributed by atoms with Gasteiger partial charge in [0.25, 0.3) is 0 Å². The number of rotatable bonds is 4. The van der Waals surface area contributed by atoms with Gasteiger partial charge in [-0.1, -0.05) is 18.2 Å². The highest BCUT2D eigenvalue weighted by molar-refractivity contribution is 6.61. The number of nitrogens with zero attached hydrogens (tertiary/aromatic N) is 2. The molecule has 4 nitrogen and oxygen atoms in total. The Labute approximate surface area is 151 Å². The zero-order valence-electron chi connectivity index (χ0n) is 15.3. The molecule has 1 aliphatic rings. The van der Waals surface area contributed by atoms with Gasteiger partial charge in [-0.25, -0.2) is 0 Å². The summed E-state index contributed by atoms with van der Waals surface area (Å²) < 4.78 is 52.0. The van der Waals surface area contributed by atoms with E-state index in [4.69, 9.17) is 9.31 Å². The highest BCUT2D eigenvalue weighted by Crippen LogP contribution is 2.36. The summed E-state index contributed by atoms with van der Waals surface area (Å²) in [5.41, 5.74) is -0.0798. The molecule has 1 aromatic carbocycles. The molecule has 0 N–H and O–H groups in total. The molecule has 8 heteroatoms. The van der Waals surface area contributed by atoms with Gasteiger partial charge in [0.05, 0.1) is 16.8 Å². The molecule has 1 aromatic heterocycles. The van der Waals surface area contributed by atoms with Crippen LogP contribution in [0.1, 0.15) is 38.8 Å². The van der Waals surface area contributed by atoms with Crippen LogP contribution in [-0.4, -0.2) is 28.1 Å². The highest BCUT2D eigenvalue weighted by Gasteiger charge is 2.52. The van der Waals surface area contributed by atoms with E-state index < -0.39 is 30.1 Å². The summed E-state index contributed by atoms with van der Waals surface area (Å²) in [7, 11) is -0.498. The maximum atomic E-state index is 12.8. The highest BCUT2D eigenvalue weighted by atomic mass is 19.4. The lowest BCUT2D eigenvalue weighted by Gasteiger charge is -2.32. The van der Waals surface area contributed by atoms with E-state index in [1.807, 2.05) is 33.9 Å². The van der Waals surface area contributed by atoms with Crippen LogP contribution in [0, 0.1) is 0 Å². The fourth-order valence-electron chi connectivity index (χ4n) is 2.75. The average Bonchev–Trinajstić information content (AvgIpc) is 3.07. The first-order valence-corrected chi connectivity index (χ1v) is 8.52. The van der Waals surface area contributed by atoms with Crippen molar-refractivity contribution in [1.29, 1.82) is 0 Å². The second-order valence-corrected chi connectivity index (χ2v) is 7.57. The third-order valence-electron chi connectivity index (χ3n) is 5.06. The number of alkyl halides is 3. The van der Waals surface area contributed by atoms with E-state index in [1.165, 1.54) is 12.1 Å². The van der Waals surface area contributed by atoms with Crippen molar-refractivity contribution < 1.29 is 22.5 Å². The van der Waals surface area contributed by atoms with Crippen LogP contribution < -0.4 is 5.46 Å². The lowest BCUT2D eigenvalue weighted by atomic mass is 9.82. The minimum absolute atomic E-state index is 0.433. The molecule has 140 valence electrons. The van der Waals surface area contributed by atoms with Crippen LogP contribution in [0.4, 0.5) is 13.2 Å². The molecule has 1 aliphatic heterocycles. The number of halogens is 3. The molecule has 0 saturated carbocycles. The van der Waals surface area contributed by atoms with Crippen molar-refractivity contribution in [3.05, 3.63) is 47.8 Å². The number of hydrogen-bond donors (Lipinski definition) is 0. The van der Waals surface area contributed by atoms with E-state index in [2.05, 4.69) is 5.10 Å². The van der Waals surface area contributed by atoms with Crippen LogP contribution in [0.15, 0.2) is 36.7 Å². The molecular weight excluding hydrogens is 344 g/mol. The molecule has 1 fully saturated rings. The van der Waals surface area contributed by atoms with Crippen LogP contribution >= 0.6 is 0 Å².